The fraction of sp³-hybridized carbons (Fsp3) is 0.588. The molecule has 0 radical (unpaired) electrons. The number of rotatable bonds is 5. The highest BCUT2D eigenvalue weighted by atomic mass is 15.2. The van der Waals surface area contributed by atoms with Crippen LogP contribution in [0.25, 0.3) is 11.0 Å². The lowest BCUT2D eigenvalue weighted by Gasteiger charge is -2.29. The Hall–Kier alpha value is -1.39. The average Bonchev–Trinajstić information content (AvgIpc) is 2.90. The summed E-state index contributed by atoms with van der Waals surface area (Å²) in [5, 5.41) is 0. The molecule has 0 bridgehead atoms. The molecule has 1 heterocycles. The number of hydrogen-bond donors (Lipinski definition) is 2. The van der Waals surface area contributed by atoms with Crippen LogP contribution in [0.4, 0.5) is 0 Å². The van der Waals surface area contributed by atoms with Gasteiger partial charge in [-0.3, -0.25) is 11.3 Å². The number of para-hydroxylation sites is 2. The number of aromatic nitrogens is 2. The van der Waals surface area contributed by atoms with Gasteiger partial charge in [-0.1, -0.05) is 31.4 Å². The van der Waals surface area contributed by atoms with Gasteiger partial charge in [0, 0.05) is 19.0 Å². The number of fused-ring (bicyclic) bond motifs is 1. The van der Waals surface area contributed by atoms with Gasteiger partial charge in [0.25, 0.3) is 0 Å². The van der Waals surface area contributed by atoms with Gasteiger partial charge in [0.2, 0.25) is 0 Å². The van der Waals surface area contributed by atoms with Crippen LogP contribution in [0.15, 0.2) is 24.3 Å². The Morgan fingerprint density at radius 3 is 2.76 bits per heavy atom. The number of nitrogens with one attached hydrogen (secondary N) is 1. The molecular formula is C17H26N4. The van der Waals surface area contributed by atoms with Crippen LogP contribution >= 0.6 is 0 Å². The summed E-state index contributed by atoms with van der Waals surface area (Å²) < 4.78 is 2.32. The molecule has 0 aliphatic heterocycles. The van der Waals surface area contributed by atoms with Gasteiger partial charge >= 0.3 is 0 Å². The monoisotopic (exact) mass is 286 g/mol. The summed E-state index contributed by atoms with van der Waals surface area (Å²) in [4.78, 5) is 4.83. The molecule has 4 nitrogen and oxygen atoms in total. The van der Waals surface area contributed by atoms with Crippen molar-refractivity contribution in [3.05, 3.63) is 30.1 Å². The largest absolute Gasteiger partial charge is 0.328 e. The number of aryl methyl sites for hydroxylation is 1. The van der Waals surface area contributed by atoms with E-state index in [1.807, 2.05) is 0 Å². The maximum absolute atomic E-state index is 5.85. The van der Waals surface area contributed by atoms with Crippen LogP contribution in [0.5, 0.6) is 0 Å². The molecule has 3 rings (SSSR count). The highest BCUT2D eigenvalue weighted by Crippen LogP contribution is 2.28. The minimum Gasteiger partial charge on any atom is -0.328 e. The van der Waals surface area contributed by atoms with Crippen LogP contribution in [-0.4, -0.2) is 15.6 Å². The standard InChI is InChI=1S/C17H26N4/c1-2-21-16-11-7-6-10-14(16)19-17(21)12-15(20-18)13-8-4-3-5-9-13/h6-7,10-11,13,15,20H,2-5,8-9,12,18H2,1H3. The molecule has 1 unspecified atom stereocenters. The summed E-state index contributed by atoms with van der Waals surface area (Å²) >= 11 is 0. The van der Waals surface area contributed by atoms with E-state index in [4.69, 9.17) is 10.8 Å². The van der Waals surface area contributed by atoms with Crippen LogP contribution < -0.4 is 11.3 Å². The van der Waals surface area contributed by atoms with Gasteiger partial charge in [-0.2, -0.15) is 0 Å². The topological polar surface area (TPSA) is 55.9 Å². The molecule has 0 spiro atoms. The molecule has 114 valence electrons. The maximum atomic E-state index is 5.85. The van der Waals surface area contributed by atoms with Crippen LogP contribution in [0.2, 0.25) is 0 Å². The lowest BCUT2D eigenvalue weighted by molar-refractivity contribution is 0.265. The SMILES string of the molecule is CCn1c(CC(NN)C2CCCCC2)nc2ccccc21. The third-order valence-electron chi connectivity index (χ3n) is 4.89. The van der Waals surface area contributed by atoms with Crippen molar-refractivity contribution >= 4 is 11.0 Å². The van der Waals surface area contributed by atoms with E-state index in [0.717, 1.165) is 24.3 Å². The summed E-state index contributed by atoms with van der Waals surface area (Å²) in [5.74, 6) is 7.70. The molecule has 1 aliphatic rings. The van der Waals surface area contributed by atoms with Gasteiger partial charge in [-0.15, -0.1) is 0 Å². The molecule has 2 aromatic rings. The summed E-state index contributed by atoms with van der Waals surface area (Å²) in [7, 11) is 0. The van der Waals surface area contributed by atoms with E-state index in [-0.39, 0.29) is 0 Å². The van der Waals surface area contributed by atoms with E-state index in [0.29, 0.717) is 12.0 Å². The predicted octanol–water partition coefficient (Wildman–Crippen LogP) is 3.01. The maximum Gasteiger partial charge on any atom is 0.111 e. The zero-order valence-corrected chi connectivity index (χ0v) is 12.9. The first-order valence-corrected chi connectivity index (χ1v) is 8.23. The first kappa shape index (κ1) is 14.5. The van der Waals surface area contributed by atoms with Crippen molar-refractivity contribution in [1.29, 1.82) is 0 Å². The molecule has 4 heteroatoms. The van der Waals surface area contributed by atoms with E-state index < -0.39 is 0 Å². The highest BCUT2D eigenvalue weighted by molar-refractivity contribution is 5.75. The Morgan fingerprint density at radius 1 is 1.29 bits per heavy atom. The molecule has 1 atom stereocenters. The summed E-state index contributed by atoms with van der Waals surface area (Å²) in [6.45, 7) is 3.14. The minimum atomic E-state index is 0.340. The fourth-order valence-corrected chi connectivity index (χ4v) is 3.73. The lowest BCUT2D eigenvalue weighted by atomic mass is 9.83. The Bertz CT molecular complexity index is 583. The molecule has 0 saturated heterocycles. The van der Waals surface area contributed by atoms with Crippen molar-refractivity contribution in [2.24, 2.45) is 11.8 Å². The first-order chi connectivity index (χ1) is 10.3. The van der Waals surface area contributed by atoms with Gasteiger partial charge in [0.15, 0.2) is 0 Å². The highest BCUT2D eigenvalue weighted by Gasteiger charge is 2.24. The summed E-state index contributed by atoms with van der Waals surface area (Å²) in [6.07, 6.45) is 7.56. The van der Waals surface area contributed by atoms with Crippen LogP contribution in [-0.2, 0) is 13.0 Å². The Morgan fingerprint density at radius 2 is 2.05 bits per heavy atom. The molecule has 0 amide bonds. The molecule has 1 aliphatic carbocycles. The summed E-state index contributed by atoms with van der Waals surface area (Å²) in [5.41, 5.74) is 5.38. The number of benzene rings is 1. The molecule has 3 N–H and O–H groups in total. The summed E-state index contributed by atoms with van der Waals surface area (Å²) in [6, 6.07) is 8.73. The van der Waals surface area contributed by atoms with Crippen LogP contribution in [0.3, 0.4) is 0 Å². The van der Waals surface area contributed by atoms with Crippen molar-refractivity contribution in [3.63, 3.8) is 0 Å². The molecular weight excluding hydrogens is 260 g/mol. The van der Waals surface area contributed by atoms with Crippen molar-refractivity contribution in [3.8, 4) is 0 Å². The van der Waals surface area contributed by atoms with E-state index >= 15 is 0 Å². The van der Waals surface area contributed by atoms with Crippen LogP contribution in [0.1, 0.15) is 44.9 Å². The van der Waals surface area contributed by atoms with Crippen molar-refractivity contribution in [2.45, 2.75) is 58.0 Å². The second kappa shape index (κ2) is 6.58. The third-order valence-corrected chi connectivity index (χ3v) is 4.89. The van der Waals surface area contributed by atoms with Gasteiger partial charge in [0.05, 0.1) is 11.0 Å². The van der Waals surface area contributed by atoms with E-state index in [9.17, 15) is 0 Å². The van der Waals surface area contributed by atoms with Gasteiger partial charge < -0.3 is 4.57 Å². The second-order valence-corrected chi connectivity index (χ2v) is 6.14. The normalized spacial score (nSPS) is 18.2. The smallest absolute Gasteiger partial charge is 0.111 e. The number of nitrogens with zero attached hydrogens (tertiary/aromatic N) is 2. The third kappa shape index (κ3) is 2.97. The van der Waals surface area contributed by atoms with E-state index in [2.05, 4.69) is 41.2 Å². The molecule has 1 aromatic heterocycles. The van der Waals surface area contributed by atoms with Gasteiger partial charge in [-0.05, 0) is 37.8 Å². The Kier molecular flexibility index (Phi) is 4.56. The lowest BCUT2D eigenvalue weighted by Crippen LogP contribution is -2.43. The predicted molar refractivity (Wildman–Crippen MR) is 86.8 cm³/mol. The van der Waals surface area contributed by atoms with Gasteiger partial charge in [-0.25, -0.2) is 4.98 Å². The van der Waals surface area contributed by atoms with Crippen LogP contribution in [0, 0.1) is 5.92 Å². The van der Waals surface area contributed by atoms with E-state index in [1.165, 1.54) is 37.6 Å². The minimum absolute atomic E-state index is 0.340. The Balaban J connectivity index is 1.85. The van der Waals surface area contributed by atoms with E-state index in [1.54, 1.807) is 0 Å². The first-order valence-electron chi connectivity index (χ1n) is 8.23. The molecule has 21 heavy (non-hydrogen) atoms. The number of nitrogens with two attached hydrogens (primary N) is 1. The Labute approximate surface area is 126 Å². The fourth-order valence-electron chi connectivity index (χ4n) is 3.73. The number of hydrogen-bond acceptors (Lipinski definition) is 3. The molecule has 1 aromatic carbocycles. The van der Waals surface area contributed by atoms with Crippen molar-refractivity contribution in [1.82, 2.24) is 15.0 Å². The molecule has 1 saturated carbocycles. The quantitative estimate of drug-likeness (QED) is 0.656. The average molecular weight is 286 g/mol. The zero-order chi connectivity index (χ0) is 14.7. The number of hydrazine groups is 1. The molecule has 1 fully saturated rings. The van der Waals surface area contributed by atoms with Crippen molar-refractivity contribution in [2.75, 3.05) is 0 Å². The number of imidazole rings is 1. The van der Waals surface area contributed by atoms with Gasteiger partial charge in [0.1, 0.15) is 5.82 Å². The van der Waals surface area contributed by atoms with Crippen molar-refractivity contribution < 1.29 is 0 Å². The second-order valence-electron chi connectivity index (χ2n) is 6.14. The zero-order valence-electron chi connectivity index (χ0n) is 12.9.